The number of rotatable bonds is 4. The number of carbonyl (C=O) groups is 1. The van der Waals surface area contributed by atoms with Crippen molar-refractivity contribution in [2.24, 2.45) is 0 Å². The van der Waals surface area contributed by atoms with E-state index in [-0.39, 0.29) is 11.8 Å². The quantitative estimate of drug-likeness (QED) is 0.883. The topological polar surface area (TPSA) is 68.0 Å². The molecule has 2 rings (SSSR count). The van der Waals surface area contributed by atoms with Crippen LogP contribution in [0.2, 0.25) is 0 Å². The second-order valence-corrected chi connectivity index (χ2v) is 7.30. The van der Waals surface area contributed by atoms with Crippen molar-refractivity contribution in [1.29, 1.82) is 0 Å². The lowest BCUT2D eigenvalue weighted by Gasteiger charge is -2.09. The molecule has 0 aliphatic rings. The average molecular weight is 354 g/mol. The summed E-state index contributed by atoms with van der Waals surface area (Å²) in [6.07, 6.45) is 0. The summed E-state index contributed by atoms with van der Waals surface area (Å²) < 4.78 is 1.05. The summed E-state index contributed by atoms with van der Waals surface area (Å²) in [5.41, 5.74) is 7.13. The van der Waals surface area contributed by atoms with Gasteiger partial charge in [0, 0.05) is 16.1 Å². The van der Waals surface area contributed by atoms with Gasteiger partial charge in [0.05, 0.1) is 10.3 Å². The standard InChI is InChI=1S/C14H16BrN3OS/c1-8(2)11-5-9(6-13(16)18-11)14(19)17-7-10-3-4-12(15)20-10/h3-6,8H,7H2,1-2H3,(H2,16,18)(H,17,19). The number of hydrogen-bond donors (Lipinski definition) is 2. The lowest BCUT2D eigenvalue weighted by Crippen LogP contribution is -2.23. The van der Waals surface area contributed by atoms with Crippen molar-refractivity contribution in [2.45, 2.75) is 26.3 Å². The van der Waals surface area contributed by atoms with E-state index in [0.717, 1.165) is 14.4 Å². The van der Waals surface area contributed by atoms with E-state index in [0.29, 0.717) is 17.9 Å². The fourth-order valence-electron chi connectivity index (χ4n) is 1.72. The second kappa shape index (κ2) is 6.37. The van der Waals surface area contributed by atoms with Crippen LogP contribution >= 0.6 is 27.3 Å². The van der Waals surface area contributed by atoms with Crippen molar-refractivity contribution in [1.82, 2.24) is 10.3 Å². The van der Waals surface area contributed by atoms with Crippen LogP contribution in [0.15, 0.2) is 28.1 Å². The molecule has 0 aliphatic carbocycles. The predicted molar refractivity (Wildman–Crippen MR) is 85.9 cm³/mol. The largest absolute Gasteiger partial charge is 0.384 e. The van der Waals surface area contributed by atoms with Gasteiger partial charge in [0.2, 0.25) is 0 Å². The first-order chi connectivity index (χ1) is 9.45. The Morgan fingerprint density at radius 3 is 2.80 bits per heavy atom. The Kier molecular flexibility index (Phi) is 4.77. The maximum absolute atomic E-state index is 12.2. The summed E-state index contributed by atoms with van der Waals surface area (Å²) in [6.45, 7) is 4.55. The molecule has 0 radical (unpaired) electrons. The highest BCUT2D eigenvalue weighted by Crippen LogP contribution is 2.22. The van der Waals surface area contributed by atoms with Crippen molar-refractivity contribution in [3.05, 3.63) is 44.2 Å². The van der Waals surface area contributed by atoms with Crippen LogP contribution < -0.4 is 11.1 Å². The summed E-state index contributed by atoms with van der Waals surface area (Å²) in [5, 5.41) is 2.89. The zero-order valence-corrected chi connectivity index (χ0v) is 13.7. The molecule has 3 N–H and O–H groups in total. The lowest BCUT2D eigenvalue weighted by atomic mass is 10.1. The van der Waals surface area contributed by atoms with Crippen LogP contribution in [0.1, 0.15) is 40.7 Å². The van der Waals surface area contributed by atoms with Gasteiger partial charge in [0.1, 0.15) is 5.82 Å². The third-order valence-electron chi connectivity index (χ3n) is 2.77. The Hall–Kier alpha value is -1.40. The molecule has 2 heterocycles. The van der Waals surface area contributed by atoms with E-state index in [4.69, 9.17) is 5.73 Å². The summed E-state index contributed by atoms with van der Waals surface area (Å²) >= 11 is 5.00. The molecular weight excluding hydrogens is 338 g/mol. The van der Waals surface area contributed by atoms with Crippen LogP contribution in [0.3, 0.4) is 0 Å². The van der Waals surface area contributed by atoms with Gasteiger partial charge in [-0.2, -0.15) is 0 Å². The van der Waals surface area contributed by atoms with Gasteiger partial charge in [-0.1, -0.05) is 13.8 Å². The molecule has 6 heteroatoms. The molecule has 0 unspecified atom stereocenters. The van der Waals surface area contributed by atoms with E-state index in [1.165, 1.54) is 0 Å². The molecule has 0 fully saturated rings. The number of nitrogens with two attached hydrogens (primary N) is 1. The summed E-state index contributed by atoms with van der Waals surface area (Å²) in [7, 11) is 0. The first kappa shape index (κ1) is 15.0. The van der Waals surface area contributed by atoms with Crippen molar-refractivity contribution in [3.63, 3.8) is 0 Å². The SMILES string of the molecule is CC(C)c1cc(C(=O)NCc2ccc(Br)s2)cc(N)n1. The number of thiophene rings is 1. The molecule has 2 aromatic heterocycles. The number of hydrogen-bond acceptors (Lipinski definition) is 4. The number of halogens is 1. The van der Waals surface area contributed by atoms with Crippen molar-refractivity contribution in [3.8, 4) is 0 Å². The molecule has 0 saturated heterocycles. The third-order valence-corrected chi connectivity index (χ3v) is 4.39. The van der Waals surface area contributed by atoms with Gasteiger partial charge >= 0.3 is 0 Å². The molecule has 0 atom stereocenters. The van der Waals surface area contributed by atoms with E-state index < -0.39 is 0 Å². The zero-order valence-electron chi connectivity index (χ0n) is 11.3. The average Bonchev–Trinajstić information content (AvgIpc) is 2.81. The van der Waals surface area contributed by atoms with E-state index in [1.807, 2.05) is 26.0 Å². The van der Waals surface area contributed by atoms with Gasteiger partial charge in [0.25, 0.3) is 5.91 Å². The molecular formula is C14H16BrN3OS. The van der Waals surface area contributed by atoms with Gasteiger partial charge in [0.15, 0.2) is 0 Å². The second-order valence-electron chi connectivity index (χ2n) is 4.75. The lowest BCUT2D eigenvalue weighted by molar-refractivity contribution is 0.0951. The minimum absolute atomic E-state index is 0.134. The first-order valence-electron chi connectivity index (χ1n) is 6.25. The number of nitrogens with zero attached hydrogens (tertiary/aromatic N) is 1. The highest BCUT2D eigenvalue weighted by atomic mass is 79.9. The Balaban J connectivity index is 2.09. The number of anilines is 1. The van der Waals surface area contributed by atoms with E-state index in [9.17, 15) is 4.79 Å². The predicted octanol–water partition coefficient (Wildman–Crippen LogP) is 3.54. The molecule has 4 nitrogen and oxygen atoms in total. The van der Waals surface area contributed by atoms with Gasteiger partial charge in [-0.3, -0.25) is 4.79 Å². The minimum Gasteiger partial charge on any atom is -0.384 e. The Morgan fingerprint density at radius 1 is 1.45 bits per heavy atom. The highest BCUT2D eigenvalue weighted by Gasteiger charge is 2.11. The number of nitrogens with one attached hydrogen (secondary N) is 1. The number of carbonyl (C=O) groups excluding carboxylic acids is 1. The first-order valence-corrected chi connectivity index (χ1v) is 7.86. The van der Waals surface area contributed by atoms with E-state index >= 15 is 0 Å². The summed E-state index contributed by atoms with van der Waals surface area (Å²) in [5.74, 6) is 0.476. The molecule has 1 amide bonds. The highest BCUT2D eigenvalue weighted by molar-refractivity contribution is 9.11. The smallest absolute Gasteiger partial charge is 0.251 e. The maximum atomic E-state index is 12.2. The van der Waals surface area contributed by atoms with Crippen LogP contribution in [0.5, 0.6) is 0 Å². The monoisotopic (exact) mass is 353 g/mol. The number of nitrogen functional groups attached to an aromatic ring is 1. The number of amides is 1. The van der Waals surface area contributed by atoms with Gasteiger partial charge < -0.3 is 11.1 Å². The van der Waals surface area contributed by atoms with Gasteiger partial charge in [-0.05, 0) is 46.1 Å². The fraction of sp³-hybridized carbons (Fsp3) is 0.286. The molecule has 0 aromatic carbocycles. The number of pyridine rings is 1. The maximum Gasteiger partial charge on any atom is 0.251 e. The minimum atomic E-state index is -0.134. The van der Waals surface area contributed by atoms with Crippen molar-refractivity contribution in [2.75, 3.05) is 5.73 Å². The normalized spacial score (nSPS) is 10.8. The summed E-state index contributed by atoms with van der Waals surface area (Å²) in [6, 6.07) is 7.34. The van der Waals surface area contributed by atoms with E-state index in [2.05, 4.69) is 26.2 Å². The van der Waals surface area contributed by atoms with Gasteiger partial charge in [-0.25, -0.2) is 4.98 Å². The van der Waals surface area contributed by atoms with Crippen molar-refractivity contribution >= 4 is 39.0 Å². The Labute approximate surface area is 130 Å². The fourth-order valence-corrected chi connectivity index (χ4v) is 3.14. The zero-order chi connectivity index (χ0) is 14.7. The van der Waals surface area contributed by atoms with Crippen LogP contribution in [-0.2, 0) is 6.54 Å². The molecule has 2 aromatic rings. The summed E-state index contributed by atoms with van der Waals surface area (Å²) in [4.78, 5) is 17.5. The Bertz CT molecular complexity index is 625. The Morgan fingerprint density at radius 2 is 2.20 bits per heavy atom. The third kappa shape index (κ3) is 3.80. The van der Waals surface area contributed by atoms with Crippen LogP contribution in [0, 0.1) is 0 Å². The van der Waals surface area contributed by atoms with Crippen LogP contribution in [0.4, 0.5) is 5.82 Å². The van der Waals surface area contributed by atoms with E-state index in [1.54, 1.807) is 23.5 Å². The molecule has 0 spiro atoms. The van der Waals surface area contributed by atoms with Crippen LogP contribution in [-0.4, -0.2) is 10.9 Å². The molecule has 0 saturated carbocycles. The van der Waals surface area contributed by atoms with Crippen LogP contribution in [0.25, 0.3) is 0 Å². The van der Waals surface area contributed by atoms with Gasteiger partial charge in [-0.15, -0.1) is 11.3 Å². The molecule has 0 aliphatic heterocycles. The number of aromatic nitrogens is 1. The molecule has 106 valence electrons. The molecule has 20 heavy (non-hydrogen) atoms. The van der Waals surface area contributed by atoms with Crippen molar-refractivity contribution < 1.29 is 4.79 Å². The molecule has 0 bridgehead atoms.